The van der Waals surface area contributed by atoms with Gasteiger partial charge in [-0.05, 0) is 25.1 Å². The van der Waals surface area contributed by atoms with E-state index in [1.165, 1.54) is 17.1 Å². The highest BCUT2D eigenvalue weighted by atomic mass is 16.7. The Balaban J connectivity index is 2.12. The van der Waals surface area contributed by atoms with Crippen LogP contribution in [0, 0.1) is 0 Å². The van der Waals surface area contributed by atoms with Gasteiger partial charge in [0.25, 0.3) is 5.91 Å². The summed E-state index contributed by atoms with van der Waals surface area (Å²) in [6.45, 7) is 6.34. The second kappa shape index (κ2) is 7.71. The van der Waals surface area contributed by atoms with Crippen LogP contribution < -0.4 is 14.8 Å². The zero-order chi connectivity index (χ0) is 19.6. The van der Waals surface area contributed by atoms with Gasteiger partial charge in [-0.2, -0.15) is 0 Å². The van der Waals surface area contributed by atoms with E-state index in [2.05, 4.69) is 11.9 Å². The van der Waals surface area contributed by atoms with Crippen LogP contribution in [-0.4, -0.2) is 55.8 Å². The minimum absolute atomic E-state index is 0.200. The van der Waals surface area contributed by atoms with Crippen molar-refractivity contribution in [1.82, 2.24) is 15.3 Å². The second-order valence-corrected chi connectivity index (χ2v) is 6.01. The number of urea groups is 1. The highest BCUT2D eigenvalue weighted by Crippen LogP contribution is 2.40. The van der Waals surface area contributed by atoms with Gasteiger partial charge in [0.1, 0.15) is 11.5 Å². The largest absolute Gasteiger partial charge is 0.497 e. The van der Waals surface area contributed by atoms with Crippen molar-refractivity contribution in [3.05, 3.63) is 47.7 Å². The lowest BCUT2D eigenvalue weighted by molar-refractivity contribution is -0.174. The molecule has 2 heterocycles. The topological polar surface area (TPSA) is 80.3 Å². The Morgan fingerprint density at radius 3 is 2.70 bits per heavy atom. The number of hydrogen-bond acceptors (Lipinski definition) is 5. The fourth-order valence-corrected chi connectivity index (χ4v) is 3.35. The van der Waals surface area contributed by atoms with Gasteiger partial charge in [-0.3, -0.25) is 14.5 Å². The molecule has 144 valence electrons. The lowest BCUT2D eigenvalue weighted by Gasteiger charge is -2.33. The molecule has 8 heteroatoms. The third kappa shape index (κ3) is 3.23. The Hall–Kier alpha value is -3.00. The lowest BCUT2D eigenvalue weighted by Crippen LogP contribution is -2.47. The Morgan fingerprint density at radius 2 is 2.07 bits per heavy atom. The van der Waals surface area contributed by atoms with Gasteiger partial charge in [0, 0.05) is 12.1 Å². The zero-order valence-corrected chi connectivity index (χ0v) is 15.7. The molecule has 0 aliphatic carbocycles. The van der Waals surface area contributed by atoms with Gasteiger partial charge in [-0.15, -0.1) is 6.58 Å². The monoisotopic (exact) mass is 373 g/mol. The first-order valence-electron chi connectivity index (χ1n) is 8.64. The molecule has 0 spiro atoms. The number of hydrogen-bond donors (Lipinski definition) is 1. The van der Waals surface area contributed by atoms with Crippen molar-refractivity contribution in [2.45, 2.75) is 13.0 Å². The molecule has 1 aromatic carbocycles. The lowest BCUT2D eigenvalue weighted by atomic mass is 9.94. The Morgan fingerprint density at radius 1 is 1.30 bits per heavy atom. The Kier molecular flexibility index (Phi) is 5.36. The summed E-state index contributed by atoms with van der Waals surface area (Å²) >= 11 is 0. The first kappa shape index (κ1) is 18.8. The molecule has 2 aliphatic heterocycles. The molecule has 3 amide bonds. The number of rotatable bonds is 7. The van der Waals surface area contributed by atoms with E-state index in [-0.39, 0.29) is 18.5 Å². The number of hydroxylamine groups is 2. The third-order valence-corrected chi connectivity index (χ3v) is 4.53. The van der Waals surface area contributed by atoms with Crippen molar-refractivity contribution >= 4 is 11.9 Å². The maximum Gasteiger partial charge on any atom is 0.322 e. The molecule has 0 fully saturated rings. The average Bonchev–Trinajstić information content (AvgIpc) is 3.00. The summed E-state index contributed by atoms with van der Waals surface area (Å²) in [6, 6.07) is 4.28. The van der Waals surface area contributed by atoms with Crippen LogP contribution in [0.4, 0.5) is 4.79 Å². The summed E-state index contributed by atoms with van der Waals surface area (Å²) in [7, 11) is 3.09. The van der Waals surface area contributed by atoms with Crippen LogP contribution in [0.2, 0.25) is 0 Å². The molecule has 3 rings (SSSR count). The molecule has 0 bridgehead atoms. The Labute approximate surface area is 157 Å². The fraction of sp³-hybridized carbons (Fsp3) is 0.368. The second-order valence-electron chi connectivity index (χ2n) is 6.01. The highest BCUT2D eigenvalue weighted by molar-refractivity contribution is 6.01. The molecule has 0 saturated heterocycles. The molecule has 1 unspecified atom stereocenters. The molecule has 0 saturated carbocycles. The quantitative estimate of drug-likeness (QED) is 0.740. The number of nitrogens with zero attached hydrogens (tertiary/aromatic N) is 2. The van der Waals surface area contributed by atoms with Crippen LogP contribution in [-0.2, 0) is 9.63 Å². The van der Waals surface area contributed by atoms with Gasteiger partial charge < -0.3 is 14.8 Å². The minimum Gasteiger partial charge on any atom is -0.497 e. The van der Waals surface area contributed by atoms with Crippen molar-refractivity contribution < 1.29 is 23.9 Å². The normalized spacial score (nSPS) is 19.1. The number of carbonyl (C=O) groups is 2. The molecule has 1 N–H and O–H groups in total. The van der Waals surface area contributed by atoms with E-state index in [1.807, 2.05) is 0 Å². The van der Waals surface area contributed by atoms with Gasteiger partial charge in [0.15, 0.2) is 0 Å². The molecule has 27 heavy (non-hydrogen) atoms. The van der Waals surface area contributed by atoms with Gasteiger partial charge >= 0.3 is 6.03 Å². The highest BCUT2D eigenvalue weighted by Gasteiger charge is 2.45. The molecule has 2 aliphatic rings. The van der Waals surface area contributed by atoms with E-state index >= 15 is 0 Å². The fourth-order valence-electron chi connectivity index (χ4n) is 3.35. The number of benzene rings is 1. The van der Waals surface area contributed by atoms with Crippen LogP contribution in [0.3, 0.4) is 0 Å². The van der Waals surface area contributed by atoms with E-state index in [9.17, 15) is 9.59 Å². The number of amides is 3. The molecule has 1 atom stereocenters. The molecular formula is C19H23N3O5. The maximum atomic E-state index is 13.0. The number of carbonyl (C=O) groups excluding carboxylic acids is 2. The van der Waals surface area contributed by atoms with Crippen molar-refractivity contribution in [2.24, 2.45) is 0 Å². The molecule has 1 aromatic rings. The van der Waals surface area contributed by atoms with Gasteiger partial charge in [-0.25, -0.2) is 9.86 Å². The smallest absolute Gasteiger partial charge is 0.322 e. The van der Waals surface area contributed by atoms with E-state index in [0.717, 1.165) is 0 Å². The number of nitrogens with one attached hydrogen (secondary N) is 1. The van der Waals surface area contributed by atoms with Crippen molar-refractivity contribution in [2.75, 3.05) is 33.9 Å². The SMILES string of the molecule is C=CCN1C(=O)NC(c2cc(OC)ccc2OC)C2=C1CN(OCC)C2=O. The van der Waals surface area contributed by atoms with Crippen molar-refractivity contribution in [3.8, 4) is 11.5 Å². The summed E-state index contributed by atoms with van der Waals surface area (Å²) in [5.41, 5.74) is 1.70. The summed E-state index contributed by atoms with van der Waals surface area (Å²) in [4.78, 5) is 32.7. The predicted octanol–water partition coefficient (Wildman–Crippen LogP) is 2.00. The Bertz CT molecular complexity index is 805. The van der Waals surface area contributed by atoms with Crippen LogP contribution in [0.1, 0.15) is 18.5 Å². The zero-order valence-electron chi connectivity index (χ0n) is 15.7. The third-order valence-electron chi connectivity index (χ3n) is 4.53. The molecule has 8 nitrogen and oxygen atoms in total. The first-order valence-corrected chi connectivity index (χ1v) is 8.64. The van der Waals surface area contributed by atoms with Crippen molar-refractivity contribution in [3.63, 3.8) is 0 Å². The van der Waals surface area contributed by atoms with Crippen LogP contribution in [0.15, 0.2) is 42.1 Å². The number of ether oxygens (including phenoxy) is 2. The molecule has 0 aromatic heterocycles. The van der Waals surface area contributed by atoms with Gasteiger partial charge in [0.2, 0.25) is 0 Å². The van der Waals surface area contributed by atoms with Gasteiger partial charge in [-0.1, -0.05) is 6.08 Å². The number of methoxy groups -OCH3 is 2. The standard InChI is InChI=1S/C19H23N3O5/c1-5-9-21-14-11-22(27-6-2)18(23)16(14)17(20-19(21)24)13-10-12(25-3)7-8-15(13)26-4/h5,7-8,10,17H,1,6,9,11H2,2-4H3,(H,20,24). The van der Waals surface area contributed by atoms with Crippen molar-refractivity contribution in [1.29, 1.82) is 0 Å². The van der Waals surface area contributed by atoms with E-state index < -0.39 is 6.04 Å². The molecule has 0 radical (unpaired) electrons. The van der Waals surface area contributed by atoms with E-state index in [4.69, 9.17) is 14.3 Å². The summed E-state index contributed by atoms with van der Waals surface area (Å²) in [5.74, 6) is 0.867. The van der Waals surface area contributed by atoms with Crippen LogP contribution in [0.25, 0.3) is 0 Å². The first-order chi connectivity index (χ1) is 13.0. The van der Waals surface area contributed by atoms with Crippen LogP contribution >= 0.6 is 0 Å². The summed E-state index contributed by atoms with van der Waals surface area (Å²) in [5, 5.41) is 4.18. The van der Waals surface area contributed by atoms with E-state index in [0.29, 0.717) is 41.5 Å². The average molecular weight is 373 g/mol. The predicted molar refractivity (Wildman–Crippen MR) is 98.1 cm³/mol. The maximum absolute atomic E-state index is 13.0. The van der Waals surface area contributed by atoms with Crippen LogP contribution in [0.5, 0.6) is 11.5 Å². The summed E-state index contributed by atoms with van der Waals surface area (Å²) < 4.78 is 10.8. The molecular weight excluding hydrogens is 350 g/mol. The van der Waals surface area contributed by atoms with E-state index in [1.54, 1.807) is 38.3 Å². The van der Waals surface area contributed by atoms with Gasteiger partial charge in [0.05, 0.1) is 44.7 Å². The summed E-state index contributed by atoms with van der Waals surface area (Å²) in [6.07, 6.45) is 1.62. The minimum atomic E-state index is -0.670.